The highest BCUT2D eigenvalue weighted by Gasteiger charge is 2.37. The van der Waals surface area contributed by atoms with Gasteiger partial charge in [0, 0.05) is 11.9 Å². The molecule has 1 aliphatic heterocycles. The molecular weight excluding hydrogens is 236 g/mol. The fourth-order valence-corrected chi connectivity index (χ4v) is 3.69. The quantitative estimate of drug-likeness (QED) is 0.719. The third-order valence-electron chi connectivity index (χ3n) is 3.80. The van der Waals surface area contributed by atoms with Gasteiger partial charge in [0.1, 0.15) is 4.88 Å². The highest BCUT2D eigenvalue weighted by atomic mass is 32.1. The van der Waals surface area contributed by atoms with E-state index in [1.807, 2.05) is 5.38 Å². The first-order valence-electron chi connectivity index (χ1n) is 6.07. The highest BCUT2D eigenvalue weighted by molar-refractivity contribution is 7.13. The Morgan fingerprint density at radius 1 is 1.35 bits per heavy atom. The summed E-state index contributed by atoms with van der Waals surface area (Å²) in [6, 6.07) is 0. The fraction of sp³-hybridized carbons (Fsp3) is 0.583. The first kappa shape index (κ1) is 10.9. The molecular formula is C12H16N2O2S. The topological polar surface area (TPSA) is 61.4 Å². The number of nitrogens with one attached hydrogen (secondary N) is 2. The average Bonchev–Trinajstić information content (AvgIpc) is 2.72. The van der Waals surface area contributed by atoms with Crippen molar-refractivity contribution in [1.29, 1.82) is 0 Å². The lowest BCUT2D eigenvalue weighted by atomic mass is 9.80. The van der Waals surface area contributed by atoms with Crippen molar-refractivity contribution < 1.29 is 9.90 Å². The molecule has 1 saturated carbocycles. The van der Waals surface area contributed by atoms with E-state index in [0.717, 1.165) is 30.8 Å². The minimum Gasteiger partial charge on any atom is -0.477 e. The zero-order chi connectivity index (χ0) is 11.9. The summed E-state index contributed by atoms with van der Waals surface area (Å²) < 4.78 is 0. The summed E-state index contributed by atoms with van der Waals surface area (Å²) in [4.78, 5) is 11.6. The van der Waals surface area contributed by atoms with Gasteiger partial charge in [-0.25, -0.2) is 4.79 Å². The van der Waals surface area contributed by atoms with Gasteiger partial charge in [-0.05, 0) is 12.8 Å². The lowest BCUT2D eigenvalue weighted by Crippen LogP contribution is -2.49. The standard InChI is InChI=1S/C12H16N2O2S/c15-11(16)10-9-8(6-17-10)13-7-12(14-9)4-2-1-3-5-12/h6,13-14H,1-5,7H2,(H,15,16). The Balaban J connectivity index is 1.92. The van der Waals surface area contributed by atoms with Crippen LogP contribution in [0.15, 0.2) is 5.38 Å². The number of thiophene rings is 1. The van der Waals surface area contributed by atoms with E-state index in [4.69, 9.17) is 5.11 Å². The molecule has 1 aromatic rings. The Morgan fingerprint density at radius 2 is 2.12 bits per heavy atom. The van der Waals surface area contributed by atoms with Crippen LogP contribution in [0.5, 0.6) is 0 Å². The van der Waals surface area contributed by atoms with Crippen molar-refractivity contribution in [1.82, 2.24) is 0 Å². The Hall–Kier alpha value is -1.23. The summed E-state index contributed by atoms with van der Waals surface area (Å²) >= 11 is 1.30. The molecule has 0 unspecified atom stereocenters. The fourth-order valence-electron chi connectivity index (χ4n) is 2.87. The van der Waals surface area contributed by atoms with Crippen LogP contribution in [0, 0.1) is 0 Å². The van der Waals surface area contributed by atoms with E-state index in [2.05, 4.69) is 10.6 Å². The number of carboxylic acid groups (broad SMARTS) is 1. The normalized spacial score (nSPS) is 21.4. The molecule has 1 fully saturated rings. The Bertz CT molecular complexity index is 449. The lowest BCUT2D eigenvalue weighted by molar-refractivity contribution is 0.0703. The van der Waals surface area contributed by atoms with Crippen molar-refractivity contribution in [3.8, 4) is 0 Å². The summed E-state index contributed by atoms with van der Waals surface area (Å²) in [6.07, 6.45) is 6.03. The predicted octanol–water partition coefficient (Wildman–Crippen LogP) is 2.99. The molecule has 0 atom stereocenters. The van der Waals surface area contributed by atoms with E-state index in [1.54, 1.807) is 0 Å². The van der Waals surface area contributed by atoms with Crippen molar-refractivity contribution >= 4 is 28.7 Å². The molecule has 2 aliphatic rings. The van der Waals surface area contributed by atoms with Gasteiger partial charge in [-0.2, -0.15) is 0 Å². The van der Waals surface area contributed by atoms with Crippen molar-refractivity contribution in [2.24, 2.45) is 0 Å². The van der Waals surface area contributed by atoms with E-state index >= 15 is 0 Å². The van der Waals surface area contributed by atoms with Crippen LogP contribution in [0.1, 0.15) is 41.8 Å². The van der Waals surface area contributed by atoms with E-state index < -0.39 is 5.97 Å². The molecule has 1 aromatic heterocycles. The van der Waals surface area contributed by atoms with Gasteiger partial charge in [0.15, 0.2) is 0 Å². The number of aromatic carboxylic acids is 1. The number of hydrogen-bond acceptors (Lipinski definition) is 4. The van der Waals surface area contributed by atoms with Gasteiger partial charge in [0.25, 0.3) is 0 Å². The monoisotopic (exact) mass is 252 g/mol. The maximum absolute atomic E-state index is 11.1. The number of anilines is 2. The number of rotatable bonds is 1. The van der Waals surface area contributed by atoms with Crippen molar-refractivity contribution in [3.05, 3.63) is 10.3 Å². The Morgan fingerprint density at radius 3 is 2.82 bits per heavy atom. The molecule has 3 N–H and O–H groups in total. The molecule has 0 bridgehead atoms. The van der Waals surface area contributed by atoms with E-state index in [1.165, 1.54) is 30.6 Å². The zero-order valence-corrected chi connectivity index (χ0v) is 10.4. The third kappa shape index (κ3) is 1.78. The molecule has 92 valence electrons. The summed E-state index contributed by atoms with van der Waals surface area (Å²) in [6.45, 7) is 0.912. The molecule has 0 saturated heterocycles. The molecule has 4 nitrogen and oxygen atoms in total. The molecule has 0 aromatic carbocycles. The van der Waals surface area contributed by atoms with Gasteiger partial charge in [-0.1, -0.05) is 19.3 Å². The van der Waals surface area contributed by atoms with Crippen LogP contribution in [0.2, 0.25) is 0 Å². The molecule has 1 aliphatic carbocycles. The largest absolute Gasteiger partial charge is 0.477 e. The number of carbonyl (C=O) groups is 1. The van der Waals surface area contributed by atoms with Crippen LogP contribution >= 0.6 is 11.3 Å². The van der Waals surface area contributed by atoms with Gasteiger partial charge < -0.3 is 15.7 Å². The predicted molar refractivity (Wildman–Crippen MR) is 69.2 cm³/mol. The second-order valence-electron chi connectivity index (χ2n) is 4.98. The summed E-state index contributed by atoms with van der Waals surface area (Å²) in [5.74, 6) is -0.835. The second kappa shape index (κ2) is 3.91. The minimum absolute atomic E-state index is 0.0799. The van der Waals surface area contributed by atoms with Crippen LogP contribution in [0.25, 0.3) is 0 Å². The molecule has 1 spiro atoms. The maximum atomic E-state index is 11.1. The maximum Gasteiger partial charge on any atom is 0.348 e. The molecule has 0 radical (unpaired) electrons. The highest BCUT2D eigenvalue weighted by Crippen LogP contribution is 2.42. The van der Waals surface area contributed by atoms with Crippen molar-refractivity contribution in [2.75, 3.05) is 17.2 Å². The SMILES string of the molecule is O=C(O)c1scc2c1NC1(CCCCC1)CN2. The minimum atomic E-state index is -0.835. The van der Waals surface area contributed by atoms with Crippen molar-refractivity contribution in [2.45, 2.75) is 37.6 Å². The van der Waals surface area contributed by atoms with Crippen LogP contribution in [-0.2, 0) is 0 Å². The molecule has 5 heteroatoms. The summed E-state index contributed by atoms with van der Waals surface area (Å²) in [7, 11) is 0. The lowest BCUT2D eigenvalue weighted by Gasteiger charge is -2.42. The zero-order valence-electron chi connectivity index (χ0n) is 9.58. The third-order valence-corrected chi connectivity index (χ3v) is 4.77. The van der Waals surface area contributed by atoms with Crippen molar-refractivity contribution in [3.63, 3.8) is 0 Å². The van der Waals surface area contributed by atoms with Gasteiger partial charge in [-0.15, -0.1) is 11.3 Å². The molecule has 0 amide bonds. The molecule has 17 heavy (non-hydrogen) atoms. The average molecular weight is 252 g/mol. The van der Waals surface area contributed by atoms with Gasteiger partial charge >= 0.3 is 5.97 Å². The van der Waals surface area contributed by atoms with Crippen LogP contribution in [0.3, 0.4) is 0 Å². The number of hydrogen-bond donors (Lipinski definition) is 3. The molecule has 3 rings (SSSR count). The van der Waals surface area contributed by atoms with Crippen LogP contribution in [0.4, 0.5) is 11.4 Å². The first-order chi connectivity index (χ1) is 8.20. The van der Waals surface area contributed by atoms with Gasteiger partial charge in [-0.3, -0.25) is 0 Å². The number of fused-ring (bicyclic) bond motifs is 1. The Labute approximate surface area is 104 Å². The smallest absolute Gasteiger partial charge is 0.348 e. The second-order valence-corrected chi connectivity index (χ2v) is 5.86. The van der Waals surface area contributed by atoms with Gasteiger partial charge in [0.05, 0.1) is 16.9 Å². The van der Waals surface area contributed by atoms with Crippen LogP contribution < -0.4 is 10.6 Å². The number of carboxylic acids is 1. The van der Waals surface area contributed by atoms with E-state index in [0.29, 0.717) is 4.88 Å². The van der Waals surface area contributed by atoms with E-state index in [-0.39, 0.29) is 5.54 Å². The van der Waals surface area contributed by atoms with E-state index in [9.17, 15) is 4.79 Å². The van der Waals surface area contributed by atoms with Crippen LogP contribution in [-0.4, -0.2) is 23.2 Å². The Kier molecular flexibility index (Phi) is 2.50. The molecule has 2 heterocycles. The summed E-state index contributed by atoms with van der Waals surface area (Å²) in [5, 5.41) is 17.9. The summed E-state index contributed by atoms with van der Waals surface area (Å²) in [5.41, 5.74) is 1.83. The first-order valence-corrected chi connectivity index (χ1v) is 6.95. The van der Waals surface area contributed by atoms with Gasteiger partial charge in [0.2, 0.25) is 0 Å².